The third kappa shape index (κ3) is 1.28. The van der Waals surface area contributed by atoms with Crippen molar-refractivity contribution < 1.29 is 9.90 Å². The first kappa shape index (κ1) is 8.79. The van der Waals surface area contributed by atoms with E-state index in [1.54, 1.807) is 0 Å². The van der Waals surface area contributed by atoms with Gasteiger partial charge in [0.05, 0.1) is 5.41 Å². The SMILES string of the molecule is O=C(O)C1(C2=CCCC2)CCCC1. The van der Waals surface area contributed by atoms with Gasteiger partial charge in [0.2, 0.25) is 0 Å². The second-order valence-electron chi connectivity index (χ2n) is 4.22. The molecule has 0 unspecified atom stereocenters. The van der Waals surface area contributed by atoms with E-state index in [1.807, 2.05) is 0 Å². The molecule has 2 nitrogen and oxygen atoms in total. The summed E-state index contributed by atoms with van der Waals surface area (Å²) in [5, 5.41) is 9.28. The summed E-state index contributed by atoms with van der Waals surface area (Å²) in [7, 11) is 0. The van der Waals surface area contributed by atoms with E-state index in [4.69, 9.17) is 0 Å². The molecule has 0 aromatic carbocycles. The number of aliphatic carboxylic acids is 1. The fraction of sp³-hybridized carbons (Fsp3) is 0.727. The summed E-state index contributed by atoms with van der Waals surface area (Å²) in [6.45, 7) is 0. The standard InChI is InChI=1S/C11H16O2/c12-10(13)11(7-3-4-8-11)9-5-1-2-6-9/h5H,1-4,6-8H2,(H,12,13). The van der Waals surface area contributed by atoms with Crippen molar-refractivity contribution in [2.24, 2.45) is 5.41 Å². The van der Waals surface area contributed by atoms with Gasteiger partial charge < -0.3 is 5.11 Å². The van der Waals surface area contributed by atoms with Gasteiger partial charge in [-0.05, 0) is 32.1 Å². The molecule has 0 saturated heterocycles. The molecular formula is C11H16O2. The van der Waals surface area contributed by atoms with Gasteiger partial charge in [-0.2, -0.15) is 0 Å². The van der Waals surface area contributed by atoms with Gasteiger partial charge in [-0.1, -0.05) is 24.5 Å². The van der Waals surface area contributed by atoms with Gasteiger partial charge >= 0.3 is 5.97 Å². The molecule has 72 valence electrons. The van der Waals surface area contributed by atoms with E-state index in [0.717, 1.165) is 44.9 Å². The number of hydrogen-bond acceptors (Lipinski definition) is 1. The van der Waals surface area contributed by atoms with Crippen LogP contribution >= 0.6 is 0 Å². The fourth-order valence-corrected chi connectivity index (χ4v) is 2.76. The molecule has 2 heteroatoms. The molecule has 1 N–H and O–H groups in total. The maximum absolute atomic E-state index is 11.3. The van der Waals surface area contributed by atoms with Crippen LogP contribution in [-0.2, 0) is 4.79 Å². The monoisotopic (exact) mass is 180 g/mol. The Kier molecular flexibility index (Phi) is 2.14. The number of hydrogen-bond donors (Lipinski definition) is 1. The smallest absolute Gasteiger partial charge is 0.313 e. The first-order valence-corrected chi connectivity index (χ1v) is 5.19. The summed E-state index contributed by atoms with van der Waals surface area (Å²) < 4.78 is 0. The summed E-state index contributed by atoms with van der Waals surface area (Å²) >= 11 is 0. The molecule has 0 heterocycles. The molecule has 0 radical (unpaired) electrons. The van der Waals surface area contributed by atoms with Gasteiger partial charge in [0.15, 0.2) is 0 Å². The molecule has 1 saturated carbocycles. The van der Waals surface area contributed by atoms with Gasteiger partial charge in [0.25, 0.3) is 0 Å². The lowest BCUT2D eigenvalue weighted by Crippen LogP contribution is -2.29. The van der Waals surface area contributed by atoms with Crippen molar-refractivity contribution in [1.29, 1.82) is 0 Å². The molecule has 0 aliphatic heterocycles. The highest BCUT2D eigenvalue weighted by molar-refractivity contribution is 5.79. The number of carbonyl (C=O) groups is 1. The molecule has 0 atom stereocenters. The van der Waals surface area contributed by atoms with Crippen molar-refractivity contribution >= 4 is 5.97 Å². The Morgan fingerprint density at radius 3 is 2.46 bits per heavy atom. The van der Waals surface area contributed by atoms with Crippen molar-refractivity contribution in [2.75, 3.05) is 0 Å². The molecule has 1 fully saturated rings. The van der Waals surface area contributed by atoms with Gasteiger partial charge in [-0.15, -0.1) is 0 Å². The first-order valence-electron chi connectivity index (χ1n) is 5.19. The van der Waals surface area contributed by atoms with Crippen molar-refractivity contribution in [1.82, 2.24) is 0 Å². The first-order chi connectivity index (χ1) is 6.26. The van der Waals surface area contributed by atoms with E-state index in [2.05, 4.69) is 6.08 Å². The molecule has 2 aliphatic carbocycles. The molecular weight excluding hydrogens is 164 g/mol. The zero-order chi connectivity index (χ0) is 9.31. The Balaban J connectivity index is 2.26. The van der Waals surface area contributed by atoms with Crippen LogP contribution in [-0.4, -0.2) is 11.1 Å². The Bertz CT molecular complexity index is 247. The maximum Gasteiger partial charge on any atom is 0.313 e. The highest BCUT2D eigenvalue weighted by atomic mass is 16.4. The third-order valence-corrected chi connectivity index (χ3v) is 3.52. The van der Waals surface area contributed by atoms with E-state index >= 15 is 0 Å². The average Bonchev–Trinajstić information content (AvgIpc) is 2.75. The van der Waals surface area contributed by atoms with Crippen LogP contribution in [0.1, 0.15) is 44.9 Å². The molecule has 0 spiro atoms. The minimum Gasteiger partial charge on any atom is -0.481 e. The van der Waals surface area contributed by atoms with Crippen LogP contribution in [0, 0.1) is 5.41 Å². The van der Waals surface area contributed by atoms with Crippen LogP contribution in [0.25, 0.3) is 0 Å². The fourth-order valence-electron chi connectivity index (χ4n) is 2.76. The lowest BCUT2D eigenvalue weighted by molar-refractivity contribution is -0.146. The normalized spacial score (nSPS) is 26.0. The molecule has 2 rings (SSSR count). The number of rotatable bonds is 2. The summed E-state index contributed by atoms with van der Waals surface area (Å²) in [6, 6.07) is 0. The predicted octanol–water partition coefficient (Wildman–Crippen LogP) is 2.74. The Morgan fingerprint density at radius 1 is 1.31 bits per heavy atom. The van der Waals surface area contributed by atoms with Gasteiger partial charge in [-0.25, -0.2) is 0 Å². The topological polar surface area (TPSA) is 37.3 Å². The largest absolute Gasteiger partial charge is 0.481 e. The van der Waals surface area contributed by atoms with Crippen LogP contribution in [0.5, 0.6) is 0 Å². The van der Waals surface area contributed by atoms with Gasteiger partial charge in [-0.3, -0.25) is 4.79 Å². The zero-order valence-corrected chi connectivity index (χ0v) is 7.88. The van der Waals surface area contributed by atoms with E-state index in [9.17, 15) is 9.90 Å². The quantitative estimate of drug-likeness (QED) is 0.663. The van der Waals surface area contributed by atoms with Crippen molar-refractivity contribution in [2.45, 2.75) is 44.9 Å². The third-order valence-electron chi connectivity index (χ3n) is 3.52. The summed E-state index contributed by atoms with van der Waals surface area (Å²) in [5.74, 6) is -0.585. The second-order valence-corrected chi connectivity index (χ2v) is 4.22. The van der Waals surface area contributed by atoms with Crippen molar-refractivity contribution in [3.63, 3.8) is 0 Å². The van der Waals surface area contributed by atoms with Crippen molar-refractivity contribution in [3.05, 3.63) is 11.6 Å². The Morgan fingerprint density at radius 2 is 2.00 bits per heavy atom. The molecule has 0 bridgehead atoms. The van der Waals surface area contributed by atoms with Crippen molar-refractivity contribution in [3.8, 4) is 0 Å². The molecule has 0 amide bonds. The van der Waals surface area contributed by atoms with Crippen LogP contribution in [0.15, 0.2) is 11.6 Å². The average molecular weight is 180 g/mol. The van der Waals surface area contributed by atoms with Crippen LogP contribution in [0.2, 0.25) is 0 Å². The summed E-state index contributed by atoms with van der Waals surface area (Å²) in [5.41, 5.74) is 0.772. The zero-order valence-electron chi connectivity index (χ0n) is 7.88. The minimum atomic E-state index is -0.585. The van der Waals surface area contributed by atoms with Crippen LogP contribution < -0.4 is 0 Å². The highest BCUT2D eigenvalue weighted by Crippen LogP contribution is 2.47. The van der Waals surface area contributed by atoms with Crippen LogP contribution in [0.3, 0.4) is 0 Å². The van der Waals surface area contributed by atoms with E-state index in [0.29, 0.717) is 0 Å². The summed E-state index contributed by atoms with van der Waals surface area (Å²) in [4.78, 5) is 11.3. The summed E-state index contributed by atoms with van der Waals surface area (Å²) in [6.07, 6.45) is 9.34. The Hall–Kier alpha value is -0.790. The molecule has 0 aromatic heterocycles. The number of carboxylic acid groups (broad SMARTS) is 1. The minimum absolute atomic E-state index is 0.448. The van der Waals surface area contributed by atoms with E-state index in [-0.39, 0.29) is 0 Å². The lowest BCUT2D eigenvalue weighted by Gasteiger charge is -2.25. The molecule has 0 aromatic rings. The van der Waals surface area contributed by atoms with E-state index < -0.39 is 11.4 Å². The van der Waals surface area contributed by atoms with Gasteiger partial charge in [0.1, 0.15) is 0 Å². The van der Waals surface area contributed by atoms with Crippen LogP contribution in [0.4, 0.5) is 0 Å². The number of carboxylic acids is 1. The second kappa shape index (κ2) is 3.17. The predicted molar refractivity (Wildman–Crippen MR) is 50.5 cm³/mol. The molecule has 13 heavy (non-hydrogen) atoms. The lowest BCUT2D eigenvalue weighted by atomic mass is 9.78. The van der Waals surface area contributed by atoms with Gasteiger partial charge in [0, 0.05) is 0 Å². The highest BCUT2D eigenvalue weighted by Gasteiger charge is 2.44. The maximum atomic E-state index is 11.3. The Labute approximate surface area is 78.6 Å². The number of allylic oxidation sites excluding steroid dienone is 1. The van der Waals surface area contributed by atoms with E-state index in [1.165, 1.54) is 5.57 Å². The molecule has 2 aliphatic rings.